The molecular weight excluding hydrogens is 162 g/mol. The van der Waals surface area contributed by atoms with Crippen molar-refractivity contribution in [1.82, 2.24) is 4.90 Å². The summed E-state index contributed by atoms with van der Waals surface area (Å²) in [4.78, 5) is 13.6. The third kappa shape index (κ3) is 2.33. The minimum absolute atomic E-state index is 0.0244. The molecular formula is C11H19NO. The van der Waals surface area contributed by atoms with Gasteiger partial charge in [-0.25, -0.2) is 0 Å². The molecule has 0 aromatic carbocycles. The smallest absolute Gasteiger partial charge is 0.227 e. The van der Waals surface area contributed by atoms with Gasteiger partial charge in [-0.15, -0.1) is 0 Å². The Morgan fingerprint density at radius 3 is 2.69 bits per heavy atom. The molecule has 0 aromatic heterocycles. The van der Waals surface area contributed by atoms with Gasteiger partial charge in [-0.3, -0.25) is 4.79 Å². The van der Waals surface area contributed by atoms with Crippen LogP contribution in [-0.2, 0) is 4.79 Å². The van der Waals surface area contributed by atoms with E-state index in [1.54, 1.807) is 0 Å². The summed E-state index contributed by atoms with van der Waals surface area (Å²) < 4.78 is 0. The number of amides is 1. The van der Waals surface area contributed by atoms with Gasteiger partial charge in [0.2, 0.25) is 5.91 Å². The Kier molecular flexibility index (Phi) is 3.12. The van der Waals surface area contributed by atoms with Gasteiger partial charge in [0.25, 0.3) is 0 Å². The Labute approximate surface area is 80.6 Å². The van der Waals surface area contributed by atoms with Crippen molar-refractivity contribution in [2.24, 2.45) is 0 Å². The minimum Gasteiger partial charge on any atom is -0.334 e. The molecule has 13 heavy (non-hydrogen) atoms. The Balaban J connectivity index is 2.69. The Morgan fingerprint density at radius 2 is 2.15 bits per heavy atom. The van der Waals surface area contributed by atoms with Crippen molar-refractivity contribution < 1.29 is 4.79 Å². The predicted molar refractivity (Wildman–Crippen MR) is 54.5 cm³/mol. The van der Waals surface area contributed by atoms with E-state index in [1.165, 1.54) is 0 Å². The van der Waals surface area contributed by atoms with Gasteiger partial charge in [0.1, 0.15) is 0 Å². The predicted octanol–water partition coefficient (Wildman–Crippen LogP) is 2.35. The van der Waals surface area contributed by atoms with Crippen LogP contribution in [0, 0.1) is 0 Å². The molecule has 1 heterocycles. The van der Waals surface area contributed by atoms with Gasteiger partial charge in [0.05, 0.1) is 0 Å². The van der Waals surface area contributed by atoms with Crippen LogP contribution in [0.3, 0.4) is 0 Å². The van der Waals surface area contributed by atoms with E-state index in [9.17, 15) is 4.79 Å². The molecule has 1 rings (SSSR count). The van der Waals surface area contributed by atoms with E-state index in [-0.39, 0.29) is 11.4 Å². The molecule has 0 unspecified atom stereocenters. The van der Waals surface area contributed by atoms with Gasteiger partial charge >= 0.3 is 0 Å². The van der Waals surface area contributed by atoms with Crippen LogP contribution in [0.4, 0.5) is 0 Å². The van der Waals surface area contributed by atoms with E-state index in [1.807, 2.05) is 11.0 Å². The first kappa shape index (κ1) is 10.3. The summed E-state index contributed by atoms with van der Waals surface area (Å²) in [5.41, 5.74) is 0.0244. The fourth-order valence-electron chi connectivity index (χ4n) is 1.91. The highest BCUT2D eigenvalue weighted by molar-refractivity contribution is 5.79. The highest BCUT2D eigenvalue weighted by Gasteiger charge is 2.29. The number of hydrogen-bond donors (Lipinski definition) is 0. The van der Waals surface area contributed by atoms with Crippen molar-refractivity contribution in [1.29, 1.82) is 0 Å². The van der Waals surface area contributed by atoms with Gasteiger partial charge < -0.3 is 4.90 Å². The van der Waals surface area contributed by atoms with Crippen molar-refractivity contribution in [2.75, 3.05) is 6.54 Å². The maximum absolute atomic E-state index is 11.6. The van der Waals surface area contributed by atoms with Gasteiger partial charge in [-0.1, -0.05) is 25.5 Å². The van der Waals surface area contributed by atoms with Crippen molar-refractivity contribution >= 4 is 5.91 Å². The molecule has 0 saturated heterocycles. The monoisotopic (exact) mass is 181 g/mol. The molecule has 0 fully saturated rings. The van der Waals surface area contributed by atoms with Crippen molar-refractivity contribution in [3.8, 4) is 0 Å². The van der Waals surface area contributed by atoms with E-state index >= 15 is 0 Å². The van der Waals surface area contributed by atoms with Gasteiger partial charge in [-0.05, 0) is 20.3 Å². The summed E-state index contributed by atoms with van der Waals surface area (Å²) in [5.74, 6) is 0.265. The zero-order valence-corrected chi connectivity index (χ0v) is 8.84. The lowest BCUT2D eigenvalue weighted by Crippen LogP contribution is -2.48. The van der Waals surface area contributed by atoms with Crippen LogP contribution in [0.15, 0.2) is 12.2 Å². The van der Waals surface area contributed by atoms with E-state index in [0.717, 1.165) is 19.4 Å². The quantitative estimate of drug-likeness (QED) is 0.612. The first-order chi connectivity index (χ1) is 6.08. The fourth-order valence-corrected chi connectivity index (χ4v) is 1.91. The van der Waals surface area contributed by atoms with Crippen molar-refractivity contribution in [2.45, 2.75) is 45.6 Å². The number of hydrogen-bond acceptors (Lipinski definition) is 1. The fraction of sp³-hybridized carbons (Fsp3) is 0.727. The Bertz CT molecular complexity index is 218. The normalized spacial score (nSPS) is 18.1. The first-order valence-electron chi connectivity index (χ1n) is 5.03. The van der Waals surface area contributed by atoms with E-state index in [4.69, 9.17) is 0 Å². The molecule has 2 nitrogen and oxygen atoms in total. The molecule has 0 aromatic rings. The van der Waals surface area contributed by atoms with Crippen LogP contribution in [0.5, 0.6) is 0 Å². The van der Waals surface area contributed by atoms with E-state index < -0.39 is 0 Å². The lowest BCUT2D eigenvalue weighted by atomic mass is 9.95. The summed E-state index contributed by atoms with van der Waals surface area (Å²) in [7, 11) is 0. The largest absolute Gasteiger partial charge is 0.334 e. The zero-order chi connectivity index (χ0) is 9.90. The summed E-state index contributed by atoms with van der Waals surface area (Å²) >= 11 is 0. The average molecular weight is 181 g/mol. The van der Waals surface area contributed by atoms with E-state index in [0.29, 0.717) is 6.42 Å². The molecule has 1 amide bonds. The van der Waals surface area contributed by atoms with Crippen LogP contribution < -0.4 is 0 Å². The second kappa shape index (κ2) is 3.95. The minimum atomic E-state index is 0.0244. The topological polar surface area (TPSA) is 20.3 Å². The van der Waals surface area contributed by atoms with Gasteiger partial charge in [0.15, 0.2) is 0 Å². The third-order valence-electron chi connectivity index (χ3n) is 2.64. The number of nitrogens with zero attached hydrogens (tertiary/aromatic N) is 1. The third-order valence-corrected chi connectivity index (χ3v) is 2.64. The van der Waals surface area contributed by atoms with Crippen LogP contribution in [0.2, 0.25) is 0 Å². The molecule has 0 N–H and O–H groups in total. The average Bonchev–Trinajstić information content (AvgIpc) is 2.04. The molecule has 1 aliphatic rings. The molecule has 0 atom stereocenters. The molecule has 0 aliphatic carbocycles. The number of carbonyl (C=O) groups is 1. The van der Waals surface area contributed by atoms with Crippen molar-refractivity contribution in [3.63, 3.8) is 0 Å². The van der Waals surface area contributed by atoms with E-state index in [2.05, 4.69) is 26.8 Å². The maximum Gasteiger partial charge on any atom is 0.227 e. The van der Waals surface area contributed by atoms with Crippen LogP contribution in [0.25, 0.3) is 0 Å². The lowest BCUT2D eigenvalue weighted by Gasteiger charge is -2.39. The molecule has 0 saturated carbocycles. The summed E-state index contributed by atoms with van der Waals surface area (Å²) in [6.07, 6.45) is 6.82. The number of rotatable bonds is 3. The van der Waals surface area contributed by atoms with Crippen LogP contribution >= 0.6 is 0 Å². The summed E-state index contributed by atoms with van der Waals surface area (Å²) in [6, 6.07) is 0. The highest BCUT2D eigenvalue weighted by Crippen LogP contribution is 2.23. The molecule has 0 radical (unpaired) electrons. The zero-order valence-electron chi connectivity index (χ0n) is 8.84. The maximum atomic E-state index is 11.6. The SMILES string of the molecule is CCCC(C)(C)N1CC=CCC1=O. The second-order valence-corrected chi connectivity index (χ2v) is 4.24. The Hall–Kier alpha value is -0.790. The highest BCUT2D eigenvalue weighted by atomic mass is 16.2. The molecule has 2 heteroatoms. The first-order valence-corrected chi connectivity index (χ1v) is 5.03. The summed E-state index contributed by atoms with van der Waals surface area (Å²) in [5, 5.41) is 0. The summed E-state index contributed by atoms with van der Waals surface area (Å²) in [6.45, 7) is 7.24. The van der Waals surface area contributed by atoms with Gasteiger partial charge in [-0.2, -0.15) is 0 Å². The molecule has 0 spiro atoms. The molecule has 1 aliphatic heterocycles. The Morgan fingerprint density at radius 1 is 1.46 bits per heavy atom. The van der Waals surface area contributed by atoms with Gasteiger partial charge in [0, 0.05) is 18.5 Å². The standard InChI is InChI=1S/C11H19NO/c1-4-8-11(2,3)12-9-6-5-7-10(12)13/h5-6H,4,7-9H2,1-3H3. The second-order valence-electron chi connectivity index (χ2n) is 4.24. The van der Waals surface area contributed by atoms with Crippen LogP contribution in [-0.4, -0.2) is 22.9 Å². The van der Waals surface area contributed by atoms with Crippen molar-refractivity contribution in [3.05, 3.63) is 12.2 Å². The molecule has 0 bridgehead atoms. The molecule has 74 valence electrons. The number of carbonyl (C=O) groups excluding carboxylic acids is 1. The van der Waals surface area contributed by atoms with Crippen LogP contribution in [0.1, 0.15) is 40.0 Å². The lowest BCUT2D eigenvalue weighted by molar-refractivity contribution is -0.135.